The van der Waals surface area contributed by atoms with Gasteiger partial charge in [-0.1, -0.05) is 38.2 Å². The quantitative estimate of drug-likeness (QED) is 0.127. The summed E-state index contributed by atoms with van der Waals surface area (Å²) in [5.74, 6) is 0. The third-order valence-corrected chi connectivity index (χ3v) is 4.76. The van der Waals surface area contributed by atoms with E-state index in [4.69, 9.17) is 11.0 Å². The Morgan fingerprint density at radius 1 is 0.857 bits per heavy atom. The van der Waals surface area contributed by atoms with Crippen molar-refractivity contribution in [2.75, 3.05) is 0 Å². The highest BCUT2D eigenvalue weighted by atomic mass is 32.2. The summed E-state index contributed by atoms with van der Waals surface area (Å²) in [6, 6.07) is 0. The normalized spacial score (nSPS) is 17.9. The first-order valence-corrected chi connectivity index (χ1v) is 10.5. The van der Waals surface area contributed by atoms with Crippen LogP contribution in [0.3, 0.4) is 0 Å². The van der Waals surface area contributed by atoms with Crippen LogP contribution in [-0.2, 0) is 32.1 Å². The van der Waals surface area contributed by atoms with Crippen molar-refractivity contribution in [3.8, 4) is 0 Å². The van der Waals surface area contributed by atoms with Crippen LogP contribution in [0.15, 0.2) is 0 Å². The van der Waals surface area contributed by atoms with Gasteiger partial charge < -0.3 is 0 Å². The number of nitrogens with one attached hydrogen (secondary N) is 2. The van der Waals surface area contributed by atoms with Crippen LogP contribution < -0.4 is 21.5 Å². The molecule has 0 aromatic carbocycles. The van der Waals surface area contributed by atoms with Crippen molar-refractivity contribution in [2.45, 2.75) is 38.2 Å². The fourth-order valence-corrected chi connectivity index (χ4v) is 3.10. The van der Waals surface area contributed by atoms with Crippen molar-refractivity contribution >= 4 is 39.4 Å². The van der Waals surface area contributed by atoms with Gasteiger partial charge in [-0.15, -0.1) is 18.6 Å². The van der Waals surface area contributed by atoms with E-state index in [-0.39, 0.29) is 10.5 Å². The van der Waals surface area contributed by atoms with E-state index < -0.39 is 15.3 Å². The van der Waals surface area contributed by atoms with Gasteiger partial charge in [0.1, 0.15) is 0 Å². The minimum atomic E-state index is -4.15. The van der Waals surface area contributed by atoms with Crippen LogP contribution in [-0.4, -0.2) is 10.5 Å². The third kappa shape index (κ3) is 14.1. The maximum absolute atomic E-state index is 11.7. The molecule has 0 saturated carbocycles. The lowest BCUT2D eigenvalue weighted by atomic mass is 10.6. The predicted octanol–water partition coefficient (Wildman–Crippen LogP) is 2.16. The largest absolute Gasteiger partial charge is 0.370 e. The van der Waals surface area contributed by atoms with Gasteiger partial charge in [-0.05, 0) is 0 Å². The summed E-state index contributed by atoms with van der Waals surface area (Å²) in [7, 11) is -8.29. The first-order chi connectivity index (χ1) is 9.54. The molecule has 0 fully saturated rings. The molecule has 2 unspecified atom stereocenters. The molecular formula is C6H20N4O7P2S2. The van der Waals surface area contributed by atoms with E-state index in [2.05, 4.69) is 23.0 Å². The van der Waals surface area contributed by atoms with Gasteiger partial charge in [0.15, 0.2) is 0 Å². The summed E-state index contributed by atoms with van der Waals surface area (Å²) in [6.45, 7) is 7.32. The molecule has 6 N–H and O–H groups in total. The second-order valence-corrected chi connectivity index (χ2v) is 10.0. The van der Waals surface area contributed by atoms with E-state index in [9.17, 15) is 9.13 Å². The van der Waals surface area contributed by atoms with Gasteiger partial charge in [-0.3, -0.25) is 9.13 Å². The van der Waals surface area contributed by atoms with Gasteiger partial charge >= 0.3 is 15.3 Å². The lowest BCUT2D eigenvalue weighted by molar-refractivity contribution is -0.224. The minimum absolute atomic E-state index is 0.0937. The fourth-order valence-electron chi connectivity index (χ4n) is 0.544. The summed E-state index contributed by atoms with van der Waals surface area (Å²) < 4.78 is 36.8. The first-order valence-electron chi connectivity index (χ1n) is 5.55. The molecule has 0 bridgehead atoms. The molecule has 2 atom stereocenters. The molecule has 21 heavy (non-hydrogen) atoms. The van der Waals surface area contributed by atoms with Gasteiger partial charge in [0, 0.05) is 34.6 Å². The Balaban J connectivity index is 4.04. The van der Waals surface area contributed by atoms with Gasteiger partial charge in [-0.25, -0.2) is 15.3 Å². The molecule has 0 aromatic heterocycles. The molecule has 0 aromatic rings. The zero-order valence-corrected chi connectivity index (χ0v) is 15.3. The Bertz CT molecular complexity index is 354. The Kier molecular flexibility index (Phi) is 11.0. The van der Waals surface area contributed by atoms with Crippen molar-refractivity contribution in [1.29, 1.82) is 0 Å². The highest BCUT2D eigenvalue weighted by Gasteiger charge is 2.31. The second kappa shape index (κ2) is 10.6. The molecule has 128 valence electrons. The number of hydrogen-bond acceptors (Lipinski definition) is 9. The van der Waals surface area contributed by atoms with Crippen LogP contribution >= 0.6 is 39.4 Å². The van der Waals surface area contributed by atoms with Gasteiger partial charge in [0.05, 0.1) is 0 Å². The summed E-state index contributed by atoms with van der Waals surface area (Å²) >= 11 is 1.86. The summed E-state index contributed by atoms with van der Waals surface area (Å²) in [5, 5.41) is 3.69. The SMILES string of the molecule is CC(C)SOONP(N)(=O)OP(N)(=O)NOOSC(C)C. The Hall–Kier alpha value is 0.800. The zero-order chi connectivity index (χ0) is 16.5. The monoisotopic (exact) mass is 386 g/mol. The average molecular weight is 386 g/mol. The first kappa shape index (κ1) is 21.8. The summed E-state index contributed by atoms with van der Waals surface area (Å²) in [6.07, 6.45) is 0. The number of nitrogens with two attached hydrogens (primary N) is 2. The van der Waals surface area contributed by atoms with Crippen LogP contribution in [0.4, 0.5) is 0 Å². The summed E-state index contributed by atoms with van der Waals surface area (Å²) in [5.41, 5.74) is 10.4. The van der Waals surface area contributed by atoms with Gasteiger partial charge in [0.2, 0.25) is 0 Å². The van der Waals surface area contributed by atoms with E-state index in [1.807, 2.05) is 27.7 Å². The molecule has 0 aliphatic heterocycles. The molecule has 0 aliphatic carbocycles. The van der Waals surface area contributed by atoms with E-state index in [0.717, 1.165) is 24.1 Å². The van der Waals surface area contributed by atoms with Gasteiger partial charge in [0.25, 0.3) is 0 Å². The Morgan fingerprint density at radius 2 is 1.19 bits per heavy atom. The molecule has 0 aliphatic rings. The van der Waals surface area contributed by atoms with Crippen molar-refractivity contribution in [1.82, 2.24) is 10.5 Å². The molecule has 0 saturated heterocycles. The Morgan fingerprint density at radius 3 is 1.48 bits per heavy atom. The molecular weight excluding hydrogens is 366 g/mol. The van der Waals surface area contributed by atoms with Crippen LogP contribution in [0.2, 0.25) is 0 Å². The van der Waals surface area contributed by atoms with Crippen LogP contribution in [0.5, 0.6) is 0 Å². The smallest absolute Gasteiger partial charge is 0.253 e. The topological polar surface area (TPSA) is 156 Å². The maximum Gasteiger partial charge on any atom is 0.370 e. The fraction of sp³-hybridized carbons (Fsp3) is 1.00. The standard InChI is InChI=1S/C6H20N4O7P2S2/c1-5(2)20-15-13-9-18(7,11)17-19(8,12)10-14-16-21-6(3)4/h5-6H,1-4H3,(H3,7,9,11)(H3,8,10,12). The summed E-state index contributed by atoms with van der Waals surface area (Å²) in [4.78, 5) is 8.66. The predicted molar refractivity (Wildman–Crippen MR) is 80.7 cm³/mol. The van der Waals surface area contributed by atoms with Gasteiger partial charge in [-0.2, -0.15) is 0 Å². The highest BCUT2D eigenvalue weighted by molar-refractivity contribution is 7.95. The van der Waals surface area contributed by atoms with E-state index >= 15 is 0 Å². The molecule has 0 rings (SSSR count). The minimum Gasteiger partial charge on any atom is -0.253 e. The van der Waals surface area contributed by atoms with Crippen LogP contribution in [0.1, 0.15) is 27.7 Å². The molecule has 0 spiro atoms. The lowest BCUT2D eigenvalue weighted by Gasteiger charge is -2.18. The maximum atomic E-state index is 11.7. The number of hydrogen-bond donors (Lipinski definition) is 4. The van der Waals surface area contributed by atoms with Crippen molar-refractivity contribution < 1.29 is 32.1 Å². The van der Waals surface area contributed by atoms with E-state index in [1.165, 1.54) is 0 Å². The van der Waals surface area contributed by atoms with Crippen molar-refractivity contribution in [3.05, 3.63) is 0 Å². The molecule has 11 nitrogen and oxygen atoms in total. The zero-order valence-electron chi connectivity index (χ0n) is 11.9. The second-order valence-electron chi connectivity index (χ2n) is 4.05. The molecule has 15 heteroatoms. The lowest BCUT2D eigenvalue weighted by Crippen LogP contribution is -2.24. The van der Waals surface area contributed by atoms with Crippen LogP contribution in [0, 0.1) is 0 Å². The van der Waals surface area contributed by atoms with Crippen LogP contribution in [0.25, 0.3) is 0 Å². The van der Waals surface area contributed by atoms with E-state index in [1.54, 1.807) is 10.5 Å². The number of rotatable bonds is 12. The average Bonchev–Trinajstić information content (AvgIpc) is 2.28. The van der Waals surface area contributed by atoms with Crippen molar-refractivity contribution in [3.63, 3.8) is 0 Å². The molecule has 0 amide bonds. The van der Waals surface area contributed by atoms with Crippen molar-refractivity contribution in [2.24, 2.45) is 11.0 Å². The molecule has 0 heterocycles. The highest BCUT2D eigenvalue weighted by Crippen LogP contribution is 2.50. The third-order valence-electron chi connectivity index (χ3n) is 1.10. The Labute approximate surface area is 131 Å². The van der Waals surface area contributed by atoms with E-state index in [0.29, 0.717) is 0 Å². The molecule has 0 radical (unpaired) electrons.